The lowest BCUT2D eigenvalue weighted by Gasteiger charge is -2.18. The first kappa shape index (κ1) is 15.9. The van der Waals surface area contributed by atoms with E-state index in [4.69, 9.17) is 0 Å². The van der Waals surface area contributed by atoms with Crippen LogP contribution < -0.4 is 15.1 Å². The van der Waals surface area contributed by atoms with Crippen LogP contribution >= 0.6 is 0 Å². The Labute approximate surface area is 147 Å². The van der Waals surface area contributed by atoms with Crippen molar-refractivity contribution in [2.45, 2.75) is 25.7 Å². The largest absolute Gasteiger partial charge is 0.372 e. The predicted octanol–water partition coefficient (Wildman–Crippen LogP) is 2.93. The van der Waals surface area contributed by atoms with Gasteiger partial charge in [0, 0.05) is 37.6 Å². The highest BCUT2D eigenvalue weighted by molar-refractivity contribution is 6.02. The summed E-state index contributed by atoms with van der Waals surface area (Å²) in [5.41, 5.74) is 2.33. The number of nitrogens with zero attached hydrogens (tertiary/aromatic N) is 4. The Morgan fingerprint density at radius 3 is 2.08 bits per heavy atom. The van der Waals surface area contributed by atoms with Gasteiger partial charge in [0.2, 0.25) is 0 Å². The second-order valence-corrected chi connectivity index (χ2v) is 6.65. The van der Waals surface area contributed by atoms with Gasteiger partial charge in [0.1, 0.15) is 11.5 Å². The number of amides is 1. The summed E-state index contributed by atoms with van der Waals surface area (Å²) in [5.74, 6) is 0.624. The number of aromatic nitrogens is 2. The van der Waals surface area contributed by atoms with Gasteiger partial charge in [0.15, 0.2) is 0 Å². The molecule has 6 heteroatoms. The van der Waals surface area contributed by atoms with Crippen LogP contribution in [0.2, 0.25) is 0 Å². The number of hydrogen-bond acceptors (Lipinski definition) is 5. The zero-order valence-electron chi connectivity index (χ0n) is 14.3. The summed E-state index contributed by atoms with van der Waals surface area (Å²) >= 11 is 0. The molecule has 0 unspecified atom stereocenters. The molecule has 0 bridgehead atoms. The van der Waals surface area contributed by atoms with Gasteiger partial charge in [-0.2, -0.15) is 0 Å². The lowest BCUT2D eigenvalue weighted by molar-refractivity contribution is 0.102. The van der Waals surface area contributed by atoms with Gasteiger partial charge in [-0.05, 0) is 49.9 Å². The molecule has 25 heavy (non-hydrogen) atoms. The average molecular weight is 337 g/mol. The molecule has 2 aromatic rings. The molecule has 1 N–H and O–H groups in total. The summed E-state index contributed by atoms with van der Waals surface area (Å²) < 4.78 is 0. The highest BCUT2D eigenvalue weighted by Crippen LogP contribution is 2.22. The molecule has 3 heterocycles. The zero-order chi connectivity index (χ0) is 17.1. The van der Waals surface area contributed by atoms with Crippen LogP contribution in [0, 0.1) is 0 Å². The molecule has 0 aliphatic carbocycles. The Hall–Kier alpha value is -2.63. The maximum Gasteiger partial charge on any atom is 0.275 e. The topological polar surface area (TPSA) is 61.4 Å². The number of rotatable bonds is 4. The van der Waals surface area contributed by atoms with E-state index in [9.17, 15) is 4.79 Å². The summed E-state index contributed by atoms with van der Waals surface area (Å²) in [7, 11) is 0. The highest BCUT2D eigenvalue weighted by Gasteiger charge is 2.16. The summed E-state index contributed by atoms with van der Waals surface area (Å²) in [6, 6.07) is 8.00. The number of benzene rings is 1. The van der Waals surface area contributed by atoms with Crippen molar-refractivity contribution in [1.82, 2.24) is 9.97 Å². The van der Waals surface area contributed by atoms with Gasteiger partial charge >= 0.3 is 0 Å². The van der Waals surface area contributed by atoms with E-state index < -0.39 is 0 Å². The molecular weight excluding hydrogens is 314 g/mol. The molecule has 2 saturated heterocycles. The first-order chi connectivity index (χ1) is 12.3. The van der Waals surface area contributed by atoms with Crippen molar-refractivity contribution in [2.24, 2.45) is 0 Å². The van der Waals surface area contributed by atoms with Crippen molar-refractivity contribution in [3.63, 3.8) is 0 Å². The lowest BCUT2D eigenvalue weighted by Crippen LogP contribution is -2.20. The van der Waals surface area contributed by atoms with Crippen LogP contribution in [0.15, 0.2) is 36.7 Å². The van der Waals surface area contributed by atoms with Crippen molar-refractivity contribution in [1.29, 1.82) is 0 Å². The molecule has 1 aromatic carbocycles. The van der Waals surface area contributed by atoms with Gasteiger partial charge in [0.05, 0.1) is 12.4 Å². The third-order valence-electron chi connectivity index (χ3n) is 4.90. The molecule has 0 atom stereocenters. The Bertz CT molecular complexity index is 716. The normalized spacial score (nSPS) is 17.1. The summed E-state index contributed by atoms with van der Waals surface area (Å²) in [5, 5.41) is 2.89. The molecule has 2 aliphatic heterocycles. The third kappa shape index (κ3) is 3.57. The summed E-state index contributed by atoms with van der Waals surface area (Å²) in [4.78, 5) is 25.6. The molecule has 0 saturated carbocycles. The smallest absolute Gasteiger partial charge is 0.275 e. The maximum atomic E-state index is 12.4. The minimum Gasteiger partial charge on any atom is -0.372 e. The van der Waals surface area contributed by atoms with Gasteiger partial charge in [-0.25, -0.2) is 9.97 Å². The molecule has 2 fully saturated rings. The second kappa shape index (κ2) is 7.09. The highest BCUT2D eigenvalue weighted by atomic mass is 16.1. The van der Waals surface area contributed by atoms with E-state index >= 15 is 0 Å². The van der Waals surface area contributed by atoms with Gasteiger partial charge in [-0.3, -0.25) is 4.79 Å². The molecule has 130 valence electrons. The minimum atomic E-state index is -0.227. The van der Waals surface area contributed by atoms with Crippen LogP contribution in [0.3, 0.4) is 0 Å². The maximum absolute atomic E-state index is 12.4. The van der Waals surface area contributed by atoms with Crippen molar-refractivity contribution in [3.8, 4) is 0 Å². The molecule has 0 radical (unpaired) electrons. The van der Waals surface area contributed by atoms with E-state index in [0.29, 0.717) is 5.69 Å². The van der Waals surface area contributed by atoms with E-state index in [1.165, 1.54) is 31.4 Å². The molecule has 4 rings (SSSR count). The van der Waals surface area contributed by atoms with Crippen LogP contribution in [-0.2, 0) is 0 Å². The van der Waals surface area contributed by atoms with Gasteiger partial charge in [-0.15, -0.1) is 0 Å². The Kier molecular flexibility index (Phi) is 4.50. The number of nitrogens with one attached hydrogen (secondary N) is 1. The third-order valence-corrected chi connectivity index (χ3v) is 4.90. The second-order valence-electron chi connectivity index (χ2n) is 6.65. The van der Waals surface area contributed by atoms with Crippen LogP contribution in [0.5, 0.6) is 0 Å². The first-order valence-electron chi connectivity index (χ1n) is 9.03. The van der Waals surface area contributed by atoms with Crippen LogP contribution in [0.1, 0.15) is 36.2 Å². The molecule has 1 aromatic heterocycles. The molecule has 2 aliphatic rings. The lowest BCUT2D eigenvalue weighted by atomic mass is 10.2. The fourth-order valence-electron chi connectivity index (χ4n) is 3.47. The fourth-order valence-corrected chi connectivity index (χ4v) is 3.47. The Morgan fingerprint density at radius 2 is 1.48 bits per heavy atom. The van der Waals surface area contributed by atoms with Crippen molar-refractivity contribution >= 4 is 23.1 Å². The number of hydrogen-bond donors (Lipinski definition) is 1. The number of anilines is 3. The van der Waals surface area contributed by atoms with E-state index in [0.717, 1.165) is 37.7 Å². The van der Waals surface area contributed by atoms with Gasteiger partial charge in [0.25, 0.3) is 5.91 Å². The van der Waals surface area contributed by atoms with Crippen molar-refractivity contribution in [3.05, 3.63) is 42.4 Å². The van der Waals surface area contributed by atoms with Crippen molar-refractivity contribution in [2.75, 3.05) is 41.3 Å². The molecule has 6 nitrogen and oxygen atoms in total. The average Bonchev–Trinajstić information content (AvgIpc) is 3.36. The Morgan fingerprint density at radius 1 is 0.840 bits per heavy atom. The van der Waals surface area contributed by atoms with E-state index in [1.807, 2.05) is 12.1 Å². The van der Waals surface area contributed by atoms with E-state index in [2.05, 4.69) is 37.2 Å². The quantitative estimate of drug-likeness (QED) is 0.929. The molecule has 1 amide bonds. The predicted molar refractivity (Wildman–Crippen MR) is 99.3 cm³/mol. The van der Waals surface area contributed by atoms with Gasteiger partial charge in [-0.1, -0.05) is 0 Å². The molecule has 0 spiro atoms. The van der Waals surface area contributed by atoms with Crippen LogP contribution in [0.25, 0.3) is 0 Å². The number of carbonyl (C=O) groups excluding carboxylic acids is 1. The number of carbonyl (C=O) groups is 1. The van der Waals surface area contributed by atoms with E-state index in [1.54, 1.807) is 12.4 Å². The summed E-state index contributed by atoms with van der Waals surface area (Å²) in [6.07, 6.45) is 8.14. The standard InChI is InChI=1S/C19H23N5O/c25-19(17-13-21-18(14-20-17)24-11-3-4-12-24)22-15-5-7-16(8-6-15)23-9-1-2-10-23/h5-8,13-14H,1-4,9-12H2,(H,22,25). The minimum absolute atomic E-state index is 0.227. The Balaban J connectivity index is 1.39. The SMILES string of the molecule is O=C(Nc1ccc(N2CCCC2)cc1)c1cnc(N2CCCC2)cn1. The van der Waals surface area contributed by atoms with Gasteiger partial charge < -0.3 is 15.1 Å². The summed E-state index contributed by atoms with van der Waals surface area (Å²) in [6.45, 7) is 4.27. The van der Waals surface area contributed by atoms with Crippen LogP contribution in [0.4, 0.5) is 17.2 Å². The van der Waals surface area contributed by atoms with Crippen molar-refractivity contribution < 1.29 is 4.79 Å². The first-order valence-corrected chi connectivity index (χ1v) is 9.03. The fraction of sp³-hybridized carbons (Fsp3) is 0.421. The zero-order valence-corrected chi connectivity index (χ0v) is 14.3. The van der Waals surface area contributed by atoms with Crippen LogP contribution in [-0.4, -0.2) is 42.1 Å². The molecular formula is C19H23N5O. The van der Waals surface area contributed by atoms with E-state index in [-0.39, 0.29) is 5.91 Å². The monoisotopic (exact) mass is 337 g/mol.